The van der Waals surface area contributed by atoms with E-state index in [0.717, 1.165) is 36.6 Å². The second-order valence-electron chi connectivity index (χ2n) is 4.99. The molecule has 2 aromatic rings. The van der Waals surface area contributed by atoms with Crippen molar-refractivity contribution in [3.8, 4) is 0 Å². The summed E-state index contributed by atoms with van der Waals surface area (Å²) in [6, 6.07) is 16.1. The molecule has 0 aliphatic carbocycles. The van der Waals surface area contributed by atoms with Gasteiger partial charge in [0.15, 0.2) is 0 Å². The third-order valence-corrected chi connectivity index (χ3v) is 3.47. The predicted molar refractivity (Wildman–Crippen MR) is 83.5 cm³/mol. The van der Waals surface area contributed by atoms with Gasteiger partial charge in [0.25, 0.3) is 0 Å². The monoisotopic (exact) mass is 281 g/mol. The number of nitrogens with zero attached hydrogens (tertiary/aromatic N) is 2. The summed E-state index contributed by atoms with van der Waals surface area (Å²) in [4.78, 5) is 12.2. The Morgan fingerprint density at radius 1 is 1.10 bits per heavy atom. The summed E-state index contributed by atoms with van der Waals surface area (Å²) in [5, 5.41) is 0. The maximum Gasteiger partial charge on any atom is 0.128 e. The normalized spacial score (nSPS) is 14.7. The number of rotatable bonds is 5. The standard InChI is InChI=1S/C17H19N3O/c1-2-6-15(7-3-1)14-21-19-16-9-12-20(13-10-16)17-8-4-5-11-18-17/h1-9,11,19H,10,12-14H2. The SMILES string of the molecule is C1=C(NOCc2ccccc2)CCN(c2ccccn2)C1. The number of benzene rings is 1. The van der Waals surface area contributed by atoms with Gasteiger partial charge in [-0.05, 0) is 23.8 Å². The molecule has 4 nitrogen and oxygen atoms in total. The highest BCUT2D eigenvalue weighted by Gasteiger charge is 2.12. The average Bonchev–Trinajstić information content (AvgIpc) is 2.57. The van der Waals surface area contributed by atoms with Crippen molar-refractivity contribution < 1.29 is 4.84 Å². The lowest BCUT2D eigenvalue weighted by Gasteiger charge is -2.27. The van der Waals surface area contributed by atoms with Crippen LogP contribution in [0.5, 0.6) is 0 Å². The molecule has 0 saturated carbocycles. The molecule has 1 aromatic heterocycles. The lowest BCUT2D eigenvalue weighted by molar-refractivity contribution is 0.0465. The minimum atomic E-state index is 0.572. The summed E-state index contributed by atoms with van der Waals surface area (Å²) in [7, 11) is 0. The van der Waals surface area contributed by atoms with Crippen molar-refractivity contribution in [1.29, 1.82) is 0 Å². The molecule has 108 valence electrons. The number of pyridine rings is 1. The van der Waals surface area contributed by atoms with E-state index in [4.69, 9.17) is 4.84 Å². The Morgan fingerprint density at radius 3 is 2.67 bits per heavy atom. The van der Waals surface area contributed by atoms with Crippen LogP contribution >= 0.6 is 0 Å². The third-order valence-electron chi connectivity index (χ3n) is 3.47. The lowest BCUT2D eigenvalue weighted by atomic mass is 10.2. The number of aromatic nitrogens is 1. The highest BCUT2D eigenvalue weighted by atomic mass is 16.6. The zero-order valence-electron chi connectivity index (χ0n) is 11.9. The van der Waals surface area contributed by atoms with Gasteiger partial charge in [0.2, 0.25) is 0 Å². The van der Waals surface area contributed by atoms with Crippen LogP contribution in [-0.2, 0) is 11.4 Å². The smallest absolute Gasteiger partial charge is 0.128 e. The molecule has 0 atom stereocenters. The summed E-state index contributed by atoms with van der Waals surface area (Å²) < 4.78 is 0. The molecule has 0 radical (unpaired) electrons. The van der Waals surface area contributed by atoms with Gasteiger partial charge in [-0.1, -0.05) is 36.4 Å². The molecular weight excluding hydrogens is 262 g/mol. The minimum absolute atomic E-state index is 0.572. The van der Waals surface area contributed by atoms with Crippen molar-refractivity contribution in [2.75, 3.05) is 18.0 Å². The second-order valence-corrected chi connectivity index (χ2v) is 4.99. The summed E-state index contributed by atoms with van der Waals surface area (Å²) >= 11 is 0. The Hall–Kier alpha value is -2.33. The Labute approximate surface area is 125 Å². The van der Waals surface area contributed by atoms with Gasteiger partial charge in [-0.15, -0.1) is 0 Å². The van der Waals surface area contributed by atoms with E-state index in [1.165, 1.54) is 0 Å². The van der Waals surface area contributed by atoms with Gasteiger partial charge in [-0.25, -0.2) is 4.98 Å². The van der Waals surface area contributed by atoms with E-state index < -0.39 is 0 Å². The van der Waals surface area contributed by atoms with Crippen molar-refractivity contribution in [3.05, 3.63) is 72.1 Å². The van der Waals surface area contributed by atoms with E-state index >= 15 is 0 Å². The molecular formula is C17H19N3O. The fraction of sp³-hybridized carbons (Fsp3) is 0.235. The maximum atomic E-state index is 5.55. The number of anilines is 1. The first kappa shape index (κ1) is 13.6. The number of nitrogens with one attached hydrogen (secondary N) is 1. The first-order valence-electron chi connectivity index (χ1n) is 7.18. The van der Waals surface area contributed by atoms with Crippen molar-refractivity contribution in [3.63, 3.8) is 0 Å². The molecule has 3 rings (SSSR count). The van der Waals surface area contributed by atoms with Gasteiger partial charge >= 0.3 is 0 Å². The van der Waals surface area contributed by atoms with Crippen LogP contribution in [0.3, 0.4) is 0 Å². The van der Waals surface area contributed by atoms with E-state index in [0.29, 0.717) is 6.61 Å². The molecule has 0 unspecified atom stereocenters. The molecule has 0 spiro atoms. The predicted octanol–water partition coefficient (Wildman–Crippen LogP) is 2.90. The molecule has 1 aliphatic heterocycles. The number of hydrogen-bond donors (Lipinski definition) is 1. The molecule has 0 saturated heterocycles. The van der Waals surface area contributed by atoms with Crippen molar-refractivity contribution >= 4 is 5.82 Å². The van der Waals surface area contributed by atoms with E-state index in [1.54, 1.807) is 0 Å². The van der Waals surface area contributed by atoms with Crippen LogP contribution in [-0.4, -0.2) is 18.1 Å². The molecule has 0 fully saturated rings. The van der Waals surface area contributed by atoms with Gasteiger partial charge in [0.05, 0.1) is 6.61 Å². The van der Waals surface area contributed by atoms with Crippen LogP contribution in [0.4, 0.5) is 5.82 Å². The highest BCUT2D eigenvalue weighted by Crippen LogP contribution is 2.15. The topological polar surface area (TPSA) is 37.4 Å². The number of hydrogen-bond acceptors (Lipinski definition) is 4. The first-order valence-corrected chi connectivity index (χ1v) is 7.18. The largest absolute Gasteiger partial charge is 0.352 e. The summed E-state index contributed by atoms with van der Waals surface area (Å²) in [6.45, 7) is 2.38. The third kappa shape index (κ3) is 3.83. The van der Waals surface area contributed by atoms with Gasteiger partial charge < -0.3 is 4.90 Å². The van der Waals surface area contributed by atoms with Crippen LogP contribution in [0.15, 0.2) is 66.5 Å². The van der Waals surface area contributed by atoms with Gasteiger partial charge in [-0.2, -0.15) is 0 Å². The molecule has 1 aliphatic rings. The van der Waals surface area contributed by atoms with Crippen molar-refractivity contribution in [1.82, 2.24) is 10.5 Å². The Bertz CT molecular complexity index is 583. The molecule has 4 heteroatoms. The fourth-order valence-electron chi connectivity index (χ4n) is 2.30. The molecule has 1 aromatic carbocycles. The molecule has 0 amide bonds. The Kier molecular flexibility index (Phi) is 4.49. The average molecular weight is 281 g/mol. The highest BCUT2D eigenvalue weighted by molar-refractivity contribution is 5.40. The second kappa shape index (κ2) is 6.90. The van der Waals surface area contributed by atoms with E-state index in [-0.39, 0.29) is 0 Å². The van der Waals surface area contributed by atoms with E-state index in [1.807, 2.05) is 42.6 Å². The van der Waals surface area contributed by atoms with Crippen LogP contribution < -0.4 is 10.4 Å². The quantitative estimate of drug-likeness (QED) is 0.855. The maximum absolute atomic E-state index is 5.55. The fourth-order valence-corrected chi connectivity index (χ4v) is 2.30. The molecule has 2 heterocycles. The van der Waals surface area contributed by atoms with Crippen molar-refractivity contribution in [2.45, 2.75) is 13.0 Å². The van der Waals surface area contributed by atoms with E-state index in [9.17, 15) is 0 Å². The van der Waals surface area contributed by atoms with Gasteiger partial charge in [0.1, 0.15) is 5.82 Å². The van der Waals surface area contributed by atoms with E-state index in [2.05, 4.69) is 33.6 Å². The zero-order chi connectivity index (χ0) is 14.3. The minimum Gasteiger partial charge on any atom is -0.352 e. The molecule has 0 bridgehead atoms. The molecule has 1 N–H and O–H groups in total. The van der Waals surface area contributed by atoms with Crippen LogP contribution in [0.1, 0.15) is 12.0 Å². The number of hydroxylamine groups is 1. The van der Waals surface area contributed by atoms with Crippen LogP contribution in [0.25, 0.3) is 0 Å². The van der Waals surface area contributed by atoms with Crippen molar-refractivity contribution in [2.24, 2.45) is 0 Å². The van der Waals surface area contributed by atoms with Crippen LogP contribution in [0.2, 0.25) is 0 Å². The summed E-state index contributed by atoms with van der Waals surface area (Å²) in [6.07, 6.45) is 4.92. The lowest BCUT2D eigenvalue weighted by Crippen LogP contribution is -2.32. The first-order chi connectivity index (χ1) is 10.4. The Morgan fingerprint density at radius 2 is 1.95 bits per heavy atom. The summed E-state index contributed by atoms with van der Waals surface area (Å²) in [5.41, 5.74) is 5.36. The Balaban J connectivity index is 1.47. The molecule has 21 heavy (non-hydrogen) atoms. The zero-order valence-corrected chi connectivity index (χ0v) is 11.9. The van der Waals surface area contributed by atoms with Gasteiger partial charge in [-0.3, -0.25) is 10.3 Å². The van der Waals surface area contributed by atoms with Crippen LogP contribution in [0, 0.1) is 0 Å². The summed E-state index contributed by atoms with van der Waals surface area (Å²) in [5.74, 6) is 1.03. The van der Waals surface area contributed by atoms with Gasteiger partial charge in [0, 0.05) is 31.4 Å².